The van der Waals surface area contributed by atoms with Crippen LogP contribution in [0.25, 0.3) is 32.7 Å². The number of hydrogen-bond donors (Lipinski definition) is 2. The zero-order valence-electron chi connectivity index (χ0n) is 16.4. The van der Waals surface area contributed by atoms with Crippen LogP contribution in [0.2, 0.25) is 0 Å². The van der Waals surface area contributed by atoms with Crippen LogP contribution in [0, 0.1) is 0 Å². The Labute approximate surface area is 168 Å². The van der Waals surface area contributed by atoms with Crippen molar-refractivity contribution in [2.24, 2.45) is 0 Å². The zero-order chi connectivity index (χ0) is 20.4. The normalized spacial score (nSPS) is 12.6. The number of phenols is 2. The number of methoxy groups -OCH3 is 1. The molecule has 0 saturated heterocycles. The van der Waals surface area contributed by atoms with Crippen LogP contribution in [0.15, 0.2) is 48.5 Å². The van der Waals surface area contributed by atoms with E-state index in [1.54, 1.807) is 13.2 Å². The van der Waals surface area contributed by atoms with Crippen LogP contribution in [-0.2, 0) is 0 Å². The fraction of sp³-hybridized carbons (Fsp3) is 0.160. The SMILES string of the molecule is COc1cc(C(C)C)cc2c3c4c(cccc4c(O)c12)-c1cccc(O)c1C3=O. The number of ketones is 1. The maximum absolute atomic E-state index is 13.6. The molecular formula is C25H20O4. The molecule has 0 aromatic heterocycles. The molecule has 4 heteroatoms. The lowest BCUT2D eigenvalue weighted by molar-refractivity contribution is 0.103. The fourth-order valence-corrected chi connectivity index (χ4v) is 4.45. The number of hydrogen-bond acceptors (Lipinski definition) is 4. The van der Waals surface area contributed by atoms with Gasteiger partial charge in [-0.05, 0) is 40.8 Å². The second-order valence-electron chi connectivity index (χ2n) is 7.78. The maximum atomic E-state index is 13.6. The van der Waals surface area contributed by atoms with E-state index in [0.717, 1.165) is 11.1 Å². The molecule has 1 aliphatic rings. The van der Waals surface area contributed by atoms with Gasteiger partial charge in [-0.3, -0.25) is 4.79 Å². The predicted octanol–water partition coefficient (Wildman–Crippen LogP) is 5.75. The van der Waals surface area contributed by atoms with Gasteiger partial charge >= 0.3 is 0 Å². The van der Waals surface area contributed by atoms with Crippen LogP contribution in [0.5, 0.6) is 17.2 Å². The summed E-state index contributed by atoms with van der Waals surface area (Å²) in [5.41, 5.74) is 3.32. The highest BCUT2D eigenvalue weighted by Crippen LogP contribution is 2.50. The maximum Gasteiger partial charge on any atom is 0.198 e. The lowest BCUT2D eigenvalue weighted by Gasteiger charge is -2.24. The minimum Gasteiger partial charge on any atom is -0.507 e. The number of carbonyl (C=O) groups excluding carboxylic acids is 1. The van der Waals surface area contributed by atoms with E-state index in [0.29, 0.717) is 44.0 Å². The van der Waals surface area contributed by atoms with Gasteiger partial charge in [0.15, 0.2) is 5.78 Å². The number of ether oxygens (including phenoxy) is 1. The molecule has 4 nitrogen and oxygen atoms in total. The Morgan fingerprint density at radius 2 is 1.59 bits per heavy atom. The van der Waals surface area contributed by atoms with Gasteiger partial charge in [0.05, 0.1) is 18.1 Å². The summed E-state index contributed by atoms with van der Waals surface area (Å²) >= 11 is 0. The van der Waals surface area contributed by atoms with Gasteiger partial charge in [-0.25, -0.2) is 0 Å². The second-order valence-corrected chi connectivity index (χ2v) is 7.78. The topological polar surface area (TPSA) is 66.8 Å². The van der Waals surface area contributed by atoms with Gasteiger partial charge in [-0.2, -0.15) is 0 Å². The van der Waals surface area contributed by atoms with E-state index in [9.17, 15) is 15.0 Å². The Bertz CT molecular complexity index is 1350. The highest BCUT2D eigenvalue weighted by molar-refractivity contribution is 6.34. The quantitative estimate of drug-likeness (QED) is 0.381. The molecule has 4 aromatic carbocycles. The van der Waals surface area contributed by atoms with Gasteiger partial charge in [-0.1, -0.05) is 44.2 Å². The Morgan fingerprint density at radius 1 is 0.862 bits per heavy atom. The van der Waals surface area contributed by atoms with E-state index in [2.05, 4.69) is 13.8 Å². The second kappa shape index (κ2) is 5.98. The van der Waals surface area contributed by atoms with Gasteiger partial charge in [0, 0.05) is 21.7 Å². The van der Waals surface area contributed by atoms with Crippen molar-refractivity contribution in [3.63, 3.8) is 0 Å². The van der Waals surface area contributed by atoms with Gasteiger partial charge in [-0.15, -0.1) is 0 Å². The van der Waals surface area contributed by atoms with Crippen molar-refractivity contribution >= 4 is 27.3 Å². The van der Waals surface area contributed by atoms with E-state index in [1.807, 2.05) is 36.4 Å². The van der Waals surface area contributed by atoms with Crippen LogP contribution in [0.1, 0.15) is 41.3 Å². The van der Waals surface area contributed by atoms with E-state index >= 15 is 0 Å². The molecule has 0 amide bonds. The number of benzene rings is 4. The number of carbonyl (C=O) groups is 1. The molecule has 0 unspecified atom stereocenters. The molecule has 0 saturated carbocycles. The van der Waals surface area contributed by atoms with Crippen LogP contribution in [-0.4, -0.2) is 23.1 Å². The summed E-state index contributed by atoms with van der Waals surface area (Å²) in [5, 5.41) is 24.1. The highest BCUT2D eigenvalue weighted by atomic mass is 16.5. The molecule has 4 aromatic rings. The van der Waals surface area contributed by atoms with Crippen molar-refractivity contribution in [2.75, 3.05) is 7.11 Å². The van der Waals surface area contributed by atoms with Crippen molar-refractivity contribution in [3.05, 3.63) is 65.2 Å². The van der Waals surface area contributed by atoms with Crippen LogP contribution in [0.4, 0.5) is 0 Å². The van der Waals surface area contributed by atoms with Crippen molar-refractivity contribution in [1.29, 1.82) is 0 Å². The molecule has 0 spiro atoms. The molecule has 0 aliphatic heterocycles. The van der Waals surface area contributed by atoms with Gasteiger partial charge in [0.2, 0.25) is 0 Å². The molecule has 2 N–H and O–H groups in total. The molecule has 0 fully saturated rings. The third-order valence-electron chi connectivity index (χ3n) is 5.87. The smallest absolute Gasteiger partial charge is 0.198 e. The first kappa shape index (κ1) is 17.6. The first-order chi connectivity index (χ1) is 13.9. The van der Waals surface area contributed by atoms with Crippen molar-refractivity contribution in [2.45, 2.75) is 19.8 Å². The monoisotopic (exact) mass is 384 g/mol. The number of phenolic OH excluding ortho intramolecular Hbond substituents is 2. The molecular weight excluding hydrogens is 364 g/mol. The van der Waals surface area contributed by atoms with E-state index in [4.69, 9.17) is 4.74 Å². The Balaban J connectivity index is 2.08. The lowest BCUT2D eigenvalue weighted by atomic mass is 9.79. The van der Waals surface area contributed by atoms with Crippen molar-refractivity contribution in [3.8, 4) is 28.4 Å². The summed E-state index contributed by atoms with van der Waals surface area (Å²) in [6.45, 7) is 4.14. The van der Waals surface area contributed by atoms with Crippen LogP contribution in [0.3, 0.4) is 0 Å². The summed E-state index contributed by atoms with van der Waals surface area (Å²) in [4.78, 5) is 13.6. The molecule has 0 heterocycles. The summed E-state index contributed by atoms with van der Waals surface area (Å²) in [6.07, 6.45) is 0. The molecule has 1 aliphatic carbocycles. The molecule has 0 atom stereocenters. The first-order valence-electron chi connectivity index (χ1n) is 9.60. The lowest BCUT2D eigenvalue weighted by Crippen LogP contribution is -2.11. The minimum atomic E-state index is -0.241. The molecule has 0 radical (unpaired) electrons. The largest absolute Gasteiger partial charge is 0.507 e. The average molecular weight is 384 g/mol. The van der Waals surface area contributed by atoms with Crippen molar-refractivity contribution in [1.82, 2.24) is 0 Å². The molecule has 5 rings (SSSR count). The molecule has 144 valence electrons. The summed E-state index contributed by atoms with van der Waals surface area (Å²) < 4.78 is 5.60. The third-order valence-corrected chi connectivity index (χ3v) is 5.87. The van der Waals surface area contributed by atoms with E-state index in [-0.39, 0.29) is 23.2 Å². The summed E-state index contributed by atoms with van der Waals surface area (Å²) in [5.74, 6) is 0.568. The standard InChI is InChI=1S/C25H20O4/c1-12(2)13-10-17-22(19(11-13)29-3)24(27)16-8-4-6-14-15-7-5-9-18(26)21(15)25(28)23(17)20(14)16/h4-12,26-27H,1-3H3. The van der Waals surface area contributed by atoms with Crippen LogP contribution < -0.4 is 4.74 Å². The van der Waals surface area contributed by atoms with Gasteiger partial charge in [0.25, 0.3) is 0 Å². The Hall–Kier alpha value is -3.53. The Kier molecular flexibility index (Phi) is 3.62. The fourth-order valence-electron chi connectivity index (χ4n) is 4.45. The predicted molar refractivity (Wildman–Crippen MR) is 114 cm³/mol. The molecule has 29 heavy (non-hydrogen) atoms. The van der Waals surface area contributed by atoms with E-state index in [1.165, 1.54) is 6.07 Å². The zero-order valence-corrected chi connectivity index (χ0v) is 16.4. The Morgan fingerprint density at radius 3 is 2.31 bits per heavy atom. The van der Waals surface area contributed by atoms with Gasteiger partial charge in [0.1, 0.15) is 17.2 Å². The third kappa shape index (κ3) is 2.23. The van der Waals surface area contributed by atoms with E-state index < -0.39 is 0 Å². The number of rotatable bonds is 2. The average Bonchev–Trinajstić information content (AvgIpc) is 2.72. The molecule has 0 bridgehead atoms. The number of fused-ring (bicyclic) bond motifs is 4. The van der Waals surface area contributed by atoms with Crippen LogP contribution >= 0.6 is 0 Å². The first-order valence-corrected chi connectivity index (χ1v) is 9.60. The highest BCUT2D eigenvalue weighted by Gasteiger charge is 2.32. The van der Waals surface area contributed by atoms with Crippen molar-refractivity contribution < 1.29 is 19.7 Å². The van der Waals surface area contributed by atoms with Gasteiger partial charge < -0.3 is 14.9 Å². The number of aromatic hydroxyl groups is 2. The minimum absolute atomic E-state index is 0.0386. The summed E-state index contributed by atoms with van der Waals surface area (Å²) in [6, 6.07) is 14.5. The summed E-state index contributed by atoms with van der Waals surface area (Å²) in [7, 11) is 1.56.